The maximum Gasteiger partial charge on any atom is 0.252 e. The van der Waals surface area contributed by atoms with E-state index in [-0.39, 0.29) is 18.1 Å². The lowest BCUT2D eigenvalue weighted by Gasteiger charge is -2.30. The van der Waals surface area contributed by atoms with E-state index >= 15 is 0 Å². The van der Waals surface area contributed by atoms with Crippen molar-refractivity contribution in [3.63, 3.8) is 0 Å². The molecule has 3 rings (SSSR count). The minimum Gasteiger partial charge on any atom is -0.377 e. The van der Waals surface area contributed by atoms with E-state index in [0.29, 0.717) is 31.5 Å². The van der Waals surface area contributed by atoms with Crippen molar-refractivity contribution < 1.29 is 17.9 Å². The Morgan fingerprint density at radius 1 is 1.27 bits per heavy atom. The number of amides is 1. The minimum atomic E-state index is -3.15. The molecule has 26 heavy (non-hydrogen) atoms. The average molecular weight is 399 g/mol. The molecule has 1 unspecified atom stereocenters. The number of hydrogen-bond donors (Lipinski definition) is 1. The van der Waals surface area contributed by atoms with Crippen molar-refractivity contribution in [3.05, 3.63) is 29.8 Å². The second kappa shape index (κ2) is 8.73. The molecule has 0 aromatic heterocycles. The van der Waals surface area contributed by atoms with Crippen LogP contribution in [0.2, 0.25) is 0 Å². The summed E-state index contributed by atoms with van der Waals surface area (Å²) in [6.45, 7) is 1.75. The van der Waals surface area contributed by atoms with Gasteiger partial charge in [0.2, 0.25) is 10.0 Å². The van der Waals surface area contributed by atoms with Crippen LogP contribution in [0.5, 0.6) is 0 Å². The number of nitrogens with zero attached hydrogens (tertiary/aromatic N) is 1. The highest BCUT2D eigenvalue weighted by Gasteiger charge is 2.26. The molecule has 2 saturated heterocycles. The van der Waals surface area contributed by atoms with Gasteiger partial charge in [0, 0.05) is 36.4 Å². The molecule has 0 spiro atoms. The van der Waals surface area contributed by atoms with Crippen LogP contribution in [0.15, 0.2) is 29.2 Å². The smallest absolute Gasteiger partial charge is 0.252 e. The fourth-order valence-corrected chi connectivity index (χ4v) is 5.33. The van der Waals surface area contributed by atoms with E-state index in [0.717, 1.165) is 30.1 Å². The van der Waals surface area contributed by atoms with Crippen molar-refractivity contribution in [2.24, 2.45) is 0 Å². The fraction of sp³-hybridized carbons (Fsp3) is 0.611. The number of carbonyl (C=O) groups excluding carboxylic acids is 1. The summed E-state index contributed by atoms with van der Waals surface area (Å²) in [5, 5.41) is 3.07. The van der Waals surface area contributed by atoms with Crippen molar-refractivity contribution >= 4 is 27.7 Å². The maximum absolute atomic E-state index is 12.7. The predicted octanol–water partition coefficient (Wildman–Crippen LogP) is 2.11. The Morgan fingerprint density at radius 3 is 2.65 bits per heavy atom. The van der Waals surface area contributed by atoms with Gasteiger partial charge >= 0.3 is 0 Å². The normalized spacial score (nSPS) is 22.4. The standard InChI is InChI=1S/C18H26N2O4S2/c1-26(22,23)20-10-8-14(9-11-20)19-18(21)16-6-2-3-7-17(16)25-13-15-5-4-12-24-15/h2-3,6-7,14-15H,4-5,8-13H2,1H3,(H,19,21). The Bertz CT molecular complexity index is 724. The summed E-state index contributed by atoms with van der Waals surface area (Å²) in [6.07, 6.45) is 4.98. The molecule has 0 radical (unpaired) electrons. The van der Waals surface area contributed by atoms with Crippen molar-refractivity contribution in [2.75, 3.05) is 31.7 Å². The number of benzene rings is 1. The Kier molecular flexibility index (Phi) is 6.60. The lowest BCUT2D eigenvalue weighted by molar-refractivity contribution is 0.0920. The molecule has 2 aliphatic rings. The molecule has 0 bridgehead atoms. The lowest BCUT2D eigenvalue weighted by Crippen LogP contribution is -2.46. The van der Waals surface area contributed by atoms with Crippen LogP contribution in [0.25, 0.3) is 0 Å². The van der Waals surface area contributed by atoms with Crippen molar-refractivity contribution in [1.29, 1.82) is 0 Å². The third-order valence-electron chi connectivity index (χ3n) is 4.84. The average Bonchev–Trinajstić information content (AvgIpc) is 3.13. The number of hydrogen-bond acceptors (Lipinski definition) is 5. The van der Waals surface area contributed by atoms with Crippen LogP contribution in [0, 0.1) is 0 Å². The minimum absolute atomic E-state index is 0.0109. The second-order valence-corrected chi connectivity index (χ2v) is 9.90. The van der Waals surface area contributed by atoms with Gasteiger partial charge in [-0.2, -0.15) is 0 Å². The molecule has 2 aliphatic heterocycles. The Morgan fingerprint density at radius 2 is 2.00 bits per heavy atom. The van der Waals surface area contributed by atoms with Gasteiger partial charge in [-0.3, -0.25) is 4.79 Å². The van der Waals surface area contributed by atoms with Crippen LogP contribution in [0.3, 0.4) is 0 Å². The van der Waals surface area contributed by atoms with E-state index in [4.69, 9.17) is 4.74 Å². The van der Waals surface area contributed by atoms with Crippen LogP contribution in [0.4, 0.5) is 0 Å². The van der Waals surface area contributed by atoms with E-state index in [1.165, 1.54) is 10.6 Å². The molecular formula is C18H26N2O4S2. The van der Waals surface area contributed by atoms with E-state index < -0.39 is 10.0 Å². The molecule has 0 aliphatic carbocycles. The van der Waals surface area contributed by atoms with Crippen LogP contribution in [-0.2, 0) is 14.8 Å². The molecule has 6 nitrogen and oxygen atoms in total. The van der Waals surface area contributed by atoms with Gasteiger partial charge in [0.15, 0.2) is 0 Å². The monoisotopic (exact) mass is 398 g/mol. The Hall–Kier alpha value is -1.09. The maximum atomic E-state index is 12.7. The van der Waals surface area contributed by atoms with Crippen LogP contribution in [-0.4, -0.2) is 62.5 Å². The van der Waals surface area contributed by atoms with E-state index in [2.05, 4.69) is 5.32 Å². The number of piperidine rings is 1. The topological polar surface area (TPSA) is 75.7 Å². The zero-order valence-corrected chi connectivity index (χ0v) is 16.7. The summed E-state index contributed by atoms with van der Waals surface area (Å²) < 4.78 is 30.3. The molecule has 1 atom stereocenters. The molecule has 2 fully saturated rings. The first-order valence-corrected chi connectivity index (χ1v) is 11.9. The molecular weight excluding hydrogens is 372 g/mol. The Labute approximate surface area is 159 Å². The summed E-state index contributed by atoms with van der Waals surface area (Å²) in [4.78, 5) is 13.7. The summed E-state index contributed by atoms with van der Waals surface area (Å²) in [6, 6.07) is 7.65. The first-order chi connectivity index (χ1) is 12.4. The number of nitrogens with one attached hydrogen (secondary N) is 1. The van der Waals surface area contributed by atoms with Gasteiger partial charge in [-0.25, -0.2) is 12.7 Å². The summed E-state index contributed by atoms with van der Waals surface area (Å²) in [7, 11) is -3.15. The molecule has 1 amide bonds. The third-order valence-corrected chi connectivity index (χ3v) is 7.35. The van der Waals surface area contributed by atoms with E-state index in [1.54, 1.807) is 11.8 Å². The van der Waals surface area contributed by atoms with Crippen LogP contribution in [0.1, 0.15) is 36.0 Å². The number of carbonyl (C=O) groups is 1. The highest BCUT2D eigenvalue weighted by molar-refractivity contribution is 7.99. The number of thioether (sulfide) groups is 1. The molecule has 1 aromatic rings. The quantitative estimate of drug-likeness (QED) is 0.743. The van der Waals surface area contributed by atoms with Gasteiger partial charge in [-0.15, -0.1) is 11.8 Å². The molecule has 1 N–H and O–H groups in total. The van der Waals surface area contributed by atoms with Gasteiger partial charge in [-0.1, -0.05) is 12.1 Å². The number of sulfonamides is 1. The van der Waals surface area contributed by atoms with Crippen LogP contribution < -0.4 is 5.32 Å². The van der Waals surface area contributed by atoms with Gasteiger partial charge in [-0.05, 0) is 37.8 Å². The summed E-state index contributed by atoms with van der Waals surface area (Å²) >= 11 is 1.67. The Balaban J connectivity index is 1.56. The molecule has 8 heteroatoms. The lowest BCUT2D eigenvalue weighted by atomic mass is 10.1. The summed E-state index contributed by atoms with van der Waals surface area (Å²) in [5.41, 5.74) is 0.682. The predicted molar refractivity (Wildman–Crippen MR) is 103 cm³/mol. The number of ether oxygens (including phenoxy) is 1. The molecule has 144 valence electrons. The number of rotatable bonds is 6. The third kappa shape index (κ3) is 5.22. The first-order valence-electron chi connectivity index (χ1n) is 9.03. The van der Waals surface area contributed by atoms with Gasteiger partial charge < -0.3 is 10.1 Å². The van der Waals surface area contributed by atoms with E-state index in [1.807, 2.05) is 24.3 Å². The van der Waals surface area contributed by atoms with Crippen molar-refractivity contribution in [1.82, 2.24) is 9.62 Å². The highest BCUT2D eigenvalue weighted by Crippen LogP contribution is 2.27. The zero-order chi connectivity index (χ0) is 18.6. The SMILES string of the molecule is CS(=O)(=O)N1CCC(NC(=O)c2ccccc2SCC2CCCO2)CC1. The fourth-order valence-electron chi connectivity index (χ4n) is 3.33. The molecule has 1 aromatic carbocycles. The van der Waals surface area contributed by atoms with Crippen molar-refractivity contribution in [3.8, 4) is 0 Å². The van der Waals surface area contributed by atoms with Gasteiger partial charge in [0.1, 0.15) is 0 Å². The van der Waals surface area contributed by atoms with Crippen molar-refractivity contribution in [2.45, 2.75) is 42.7 Å². The molecule has 2 heterocycles. The van der Waals surface area contributed by atoms with Gasteiger partial charge in [0.25, 0.3) is 5.91 Å². The molecule has 0 saturated carbocycles. The van der Waals surface area contributed by atoms with Crippen LogP contribution >= 0.6 is 11.8 Å². The highest BCUT2D eigenvalue weighted by atomic mass is 32.2. The zero-order valence-electron chi connectivity index (χ0n) is 15.0. The largest absolute Gasteiger partial charge is 0.377 e. The summed E-state index contributed by atoms with van der Waals surface area (Å²) in [5.74, 6) is 0.773. The van der Waals surface area contributed by atoms with Gasteiger partial charge in [0.05, 0.1) is 17.9 Å². The first kappa shape index (κ1) is 19.7. The van der Waals surface area contributed by atoms with E-state index in [9.17, 15) is 13.2 Å². The second-order valence-electron chi connectivity index (χ2n) is 6.85.